The molecule has 2 unspecified atom stereocenters. The molecule has 10 nitrogen and oxygen atoms in total. The molecule has 0 aromatic heterocycles. The van der Waals surface area contributed by atoms with Gasteiger partial charge in [0.15, 0.2) is 13.1 Å². The van der Waals surface area contributed by atoms with Crippen LogP contribution in [-0.4, -0.2) is 96.8 Å². The Kier molecular flexibility index (Phi) is 8.32. The highest BCUT2D eigenvalue weighted by molar-refractivity contribution is 6.33. The summed E-state index contributed by atoms with van der Waals surface area (Å²) in [5.41, 5.74) is -1.94. The van der Waals surface area contributed by atoms with Crippen LogP contribution < -0.4 is 10.6 Å². The van der Waals surface area contributed by atoms with Crippen LogP contribution in [0.4, 0.5) is 37.7 Å². The average molecular weight is 580 g/mol. The largest absolute Gasteiger partial charge is 0.633 e. The van der Waals surface area contributed by atoms with Crippen molar-refractivity contribution in [2.75, 3.05) is 64.0 Å². The summed E-state index contributed by atoms with van der Waals surface area (Å²) in [6, 6.07) is 4.45. The number of carbonyl (C=O) groups is 2. The van der Waals surface area contributed by atoms with Crippen molar-refractivity contribution in [1.82, 2.24) is 0 Å². The molecule has 2 aromatic carbocycles. The van der Waals surface area contributed by atoms with Crippen molar-refractivity contribution in [2.45, 2.75) is 12.4 Å². The third kappa shape index (κ3) is 7.32. The summed E-state index contributed by atoms with van der Waals surface area (Å²) in [6.45, 7) is -5.23. The lowest BCUT2D eigenvalue weighted by molar-refractivity contribution is -0.870. The van der Waals surface area contributed by atoms with Gasteiger partial charge < -0.3 is 40.6 Å². The minimum Gasteiger partial charge on any atom is -0.633 e. The number of nitrogens with one attached hydrogen (secondary N) is 2. The second-order valence-electron chi connectivity index (χ2n) is 9.86. The van der Waals surface area contributed by atoms with Crippen LogP contribution in [0.2, 0.25) is 0 Å². The van der Waals surface area contributed by atoms with E-state index in [1.165, 1.54) is 12.1 Å². The van der Waals surface area contributed by atoms with Crippen molar-refractivity contribution < 1.29 is 55.4 Å². The maximum atomic E-state index is 13.5. The zero-order chi connectivity index (χ0) is 30.3. The smallest absolute Gasteiger partial charge is 0.438 e. The lowest BCUT2D eigenvalue weighted by Gasteiger charge is -2.39. The number of fused-ring (bicyclic) bond motifs is 2. The molecule has 2 aromatic rings. The SMILES string of the molecule is C[N+]([O-])(CCNc1ccc(NCC[N+](C)([O-])CC(F)(F)F)c2c1C(=O)c1c(O)ccc(O)c1C2=O)CC(F)(F)F. The van der Waals surface area contributed by atoms with E-state index in [0.29, 0.717) is 0 Å². The molecule has 0 bridgehead atoms. The van der Waals surface area contributed by atoms with E-state index < -0.39 is 82.0 Å². The zero-order valence-electron chi connectivity index (χ0n) is 21.2. The van der Waals surface area contributed by atoms with Crippen LogP contribution in [0.5, 0.6) is 11.5 Å². The molecule has 40 heavy (non-hydrogen) atoms. The Morgan fingerprint density at radius 2 is 1.00 bits per heavy atom. The number of alkyl halides is 6. The van der Waals surface area contributed by atoms with Gasteiger partial charge in [0.2, 0.25) is 11.6 Å². The number of hydrogen-bond acceptors (Lipinski definition) is 8. The molecule has 3 rings (SSSR count). The van der Waals surface area contributed by atoms with Gasteiger partial charge in [-0.3, -0.25) is 9.59 Å². The molecule has 1 aliphatic rings. The number of hydroxylamine groups is 6. The first kappa shape index (κ1) is 30.9. The molecule has 0 radical (unpaired) electrons. The number of aromatic hydroxyl groups is 2. The number of nitrogens with zero attached hydrogens (tertiary/aromatic N) is 2. The fourth-order valence-corrected chi connectivity index (χ4v) is 4.43. The molecule has 2 atom stereocenters. The Hall–Kier alpha value is -3.60. The lowest BCUT2D eigenvalue weighted by Crippen LogP contribution is -2.47. The molecule has 0 saturated carbocycles. The van der Waals surface area contributed by atoms with Gasteiger partial charge in [0.25, 0.3) is 0 Å². The third-order valence-electron chi connectivity index (χ3n) is 6.10. The lowest BCUT2D eigenvalue weighted by atomic mass is 9.81. The van der Waals surface area contributed by atoms with Crippen molar-refractivity contribution in [3.05, 3.63) is 56.9 Å². The van der Waals surface area contributed by atoms with Crippen molar-refractivity contribution in [1.29, 1.82) is 0 Å². The van der Waals surface area contributed by atoms with Crippen LogP contribution in [0.25, 0.3) is 0 Å². The summed E-state index contributed by atoms with van der Waals surface area (Å²) in [6.07, 6.45) is -9.46. The minimum atomic E-state index is -4.73. The first-order chi connectivity index (χ1) is 18.2. The summed E-state index contributed by atoms with van der Waals surface area (Å²) in [5, 5.41) is 50.2. The molecule has 220 valence electrons. The molecule has 0 saturated heterocycles. The average Bonchev–Trinajstić information content (AvgIpc) is 2.75. The fourth-order valence-electron chi connectivity index (χ4n) is 4.43. The van der Waals surface area contributed by atoms with Crippen molar-refractivity contribution in [3.8, 4) is 11.5 Å². The molecule has 0 amide bonds. The van der Waals surface area contributed by atoms with Crippen LogP contribution >= 0.6 is 0 Å². The summed E-state index contributed by atoms with van der Waals surface area (Å²) in [7, 11) is 1.62. The Balaban J connectivity index is 1.96. The van der Waals surface area contributed by atoms with Gasteiger partial charge in [0.05, 0.1) is 62.5 Å². The van der Waals surface area contributed by atoms with Crippen LogP contribution in [0.1, 0.15) is 31.8 Å². The highest BCUT2D eigenvalue weighted by atomic mass is 19.4. The highest BCUT2D eigenvalue weighted by Gasteiger charge is 2.39. The quantitative estimate of drug-likeness (QED) is 0.123. The van der Waals surface area contributed by atoms with Gasteiger partial charge in [-0.05, 0) is 24.3 Å². The number of benzene rings is 2. The first-order valence-corrected chi connectivity index (χ1v) is 11.7. The molecule has 0 spiro atoms. The van der Waals surface area contributed by atoms with Crippen LogP contribution in [0.3, 0.4) is 0 Å². The molecule has 0 heterocycles. The van der Waals surface area contributed by atoms with Crippen LogP contribution in [0.15, 0.2) is 24.3 Å². The predicted octanol–water partition coefficient (Wildman–Crippen LogP) is 3.71. The van der Waals surface area contributed by atoms with E-state index in [1.807, 2.05) is 0 Å². The Morgan fingerprint density at radius 1 is 0.675 bits per heavy atom. The standard InChI is InChI=1S/C24H26F6N4O6/c1-33(39,11-23(25,26)27)9-7-31-13-3-4-14(32-8-10-34(2,40)12-24(28,29)30)18-17(13)21(37)19-15(35)5-6-16(36)20(19)22(18)38/h3-6,31-32,35-36H,7-12H2,1-2H3. The Bertz CT molecular complexity index is 1210. The van der Waals surface area contributed by atoms with Gasteiger partial charge in [-0.25, -0.2) is 0 Å². The molecular weight excluding hydrogens is 554 g/mol. The molecule has 16 heteroatoms. The molecule has 0 aliphatic heterocycles. The maximum Gasteiger partial charge on any atom is 0.438 e. The number of phenols is 2. The predicted molar refractivity (Wildman–Crippen MR) is 131 cm³/mol. The Morgan fingerprint density at radius 3 is 1.30 bits per heavy atom. The van der Waals surface area contributed by atoms with E-state index in [2.05, 4.69) is 10.6 Å². The first-order valence-electron chi connectivity index (χ1n) is 11.7. The Labute approximate surface area is 223 Å². The second-order valence-corrected chi connectivity index (χ2v) is 9.86. The monoisotopic (exact) mass is 580 g/mol. The number of halogens is 6. The highest BCUT2D eigenvalue weighted by Crippen LogP contribution is 2.42. The number of hydrogen-bond donors (Lipinski definition) is 4. The number of rotatable bonds is 10. The molecule has 0 fully saturated rings. The third-order valence-corrected chi connectivity index (χ3v) is 6.10. The van der Waals surface area contributed by atoms with E-state index in [0.717, 1.165) is 26.2 Å². The number of phenolic OH excluding ortho intramolecular Hbond substituents is 2. The summed E-state index contributed by atoms with van der Waals surface area (Å²) in [4.78, 5) is 26.9. The number of quaternary nitrogens is 2. The van der Waals surface area contributed by atoms with Gasteiger partial charge in [-0.2, -0.15) is 26.3 Å². The van der Waals surface area contributed by atoms with Crippen LogP contribution in [-0.2, 0) is 0 Å². The molecular formula is C24H26F6N4O6. The van der Waals surface area contributed by atoms with Gasteiger partial charge in [0, 0.05) is 11.4 Å². The van der Waals surface area contributed by atoms with E-state index in [-0.39, 0.29) is 35.6 Å². The topological polar surface area (TPSA) is 145 Å². The van der Waals surface area contributed by atoms with Crippen molar-refractivity contribution in [3.63, 3.8) is 0 Å². The number of ketones is 2. The molecule has 1 aliphatic carbocycles. The van der Waals surface area contributed by atoms with E-state index in [1.54, 1.807) is 0 Å². The van der Waals surface area contributed by atoms with Crippen molar-refractivity contribution >= 4 is 22.9 Å². The normalized spacial score (nSPS) is 16.6. The number of carbonyl (C=O) groups excluding carboxylic acids is 2. The van der Waals surface area contributed by atoms with E-state index >= 15 is 0 Å². The summed E-state index contributed by atoms with van der Waals surface area (Å²) < 4.78 is 72.7. The van der Waals surface area contributed by atoms with E-state index in [4.69, 9.17) is 0 Å². The van der Waals surface area contributed by atoms with Crippen molar-refractivity contribution in [2.24, 2.45) is 0 Å². The van der Waals surface area contributed by atoms with Gasteiger partial charge in [0.1, 0.15) is 11.5 Å². The molecule has 4 N–H and O–H groups in total. The fraction of sp³-hybridized carbons (Fsp3) is 0.417. The number of anilines is 2. The van der Waals surface area contributed by atoms with Gasteiger partial charge in [-0.15, -0.1) is 0 Å². The summed E-state index contributed by atoms with van der Waals surface area (Å²) in [5.74, 6) is -3.16. The zero-order valence-corrected chi connectivity index (χ0v) is 21.2. The second kappa shape index (κ2) is 10.8. The van der Waals surface area contributed by atoms with E-state index in [9.17, 15) is 56.6 Å². The maximum absolute atomic E-state index is 13.5. The minimum absolute atomic E-state index is 0.0826. The summed E-state index contributed by atoms with van der Waals surface area (Å²) >= 11 is 0. The number of likely N-dealkylation sites (N-methyl/N-ethyl adjacent to an activating group) is 2. The van der Waals surface area contributed by atoms with Crippen LogP contribution in [0, 0.1) is 10.4 Å². The van der Waals surface area contributed by atoms with Gasteiger partial charge in [-0.1, -0.05) is 0 Å². The van der Waals surface area contributed by atoms with Gasteiger partial charge >= 0.3 is 12.4 Å².